The molecule has 0 fully saturated rings. The molecule has 0 radical (unpaired) electrons. The second-order valence-electron chi connectivity index (χ2n) is 6.64. The summed E-state index contributed by atoms with van der Waals surface area (Å²) in [4.78, 5) is 21.1. The van der Waals surface area contributed by atoms with E-state index in [0.717, 1.165) is 11.2 Å². The zero-order valence-electron chi connectivity index (χ0n) is 14.3. The van der Waals surface area contributed by atoms with Gasteiger partial charge in [0.25, 0.3) is 0 Å². The number of fused-ring (bicyclic) bond motifs is 1. The summed E-state index contributed by atoms with van der Waals surface area (Å²) in [6.07, 6.45) is 1.69. The lowest BCUT2D eigenvalue weighted by Crippen LogP contribution is -2.41. The number of hydrogen-bond donors (Lipinski definition) is 1. The van der Waals surface area contributed by atoms with Gasteiger partial charge in [-0.2, -0.15) is 0 Å². The lowest BCUT2D eigenvalue weighted by atomic mass is 10.1. The first-order chi connectivity index (χ1) is 11.8. The molecule has 2 aromatic heterocycles. The Bertz CT molecular complexity index is 900. The maximum atomic E-state index is 13.3. The van der Waals surface area contributed by atoms with Gasteiger partial charge in [0.1, 0.15) is 11.3 Å². The van der Waals surface area contributed by atoms with Gasteiger partial charge in [-0.3, -0.25) is 9.36 Å². The van der Waals surface area contributed by atoms with Gasteiger partial charge in [0.15, 0.2) is 10.8 Å². The van der Waals surface area contributed by atoms with Crippen molar-refractivity contribution in [2.24, 2.45) is 0 Å². The fourth-order valence-corrected chi connectivity index (χ4v) is 3.21. The maximum absolute atomic E-state index is 13.3. The molecule has 1 aromatic carbocycles. The SMILES string of the molecule is CC(C)(C)NC(=O)CSc1nc2cccnc2n1-c1ccc(F)cc1. The van der Waals surface area contributed by atoms with Crippen molar-refractivity contribution in [3.63, 3.8) is 0 Å². The highest BCUT2D eigenvalue weighted by atomic mass is 32.2. The Kier molecular flexibility index (Phi) is 4.76. The number of hydrogen-bond acceptors (Lipinski definition) is 4. The van der Waals surface area contributed by atoms with Crippen LogP contribution in [0.3, 0.4) is 0 Å². The van der Waals surface area contributed by atoms with Crippen LogP contribution in [0, 0.1) is 5.82 Å². The van der Waals surface area contributed by atoms with Crippen molar-refractivity contribution in [3.8, 4) is 5.69 Å². The van der Waals surface area contributed by atoms with Gasteiger partial charge in [0.2, 0.25) is 5.91 Å². The van der Waals surface area contributed by atoms with Crippen molar-refractivity contribution in [1.82, 2.24) is 19.9 Å². The molecular weight excluding hydrogens is 339 g/mol. The molecule has 3 aromatic rings. The number of carbonyl (C=O) groups is 1. The zero-order chi connectivity index (χ0) is 18.0. The molecule has 0 spiro atoms. The van der Waals surface area contributed by atoms with Gasteiger partial charge in [0.05, 0.1) is 5.75 Å². The van der Waals surface area contributed by atoms with Crippen LogP contribution in [0.15, 0.2) is 47.8 Å². The highest BCUT2D eigenvalue weighted by molar-refractivity contribution is 7.99. The molecule has 7 heteroatoms. The number of amides is 1. The van der Waals surface area contributed by atoms with Crippen LogP contribution >= 0.6 is 11.8 Å². The molecule has 1 amide bonds. The quantitative estimate of drug-likeness (QED) is 0.725. The van der Waals surface area contributed by atoms with Crippen LogP contribution in [-0.4, -0.2) is 31.7 Å². The van der Waals surface area contributed by atoms with Crippen LogP contribution in [0.1, 0.15) is 20.8 Å². The number of benzene rings is 1. The number of carbonyl (C=O) groups excluding carboxylic acids is 1. The van der Waals surface area contributed by atoms with Crippen molar-refractivity contribution >= 4 is 28.8 Å². The van der Waals surface area contributed by atoms with Crippen molar-refractivity contribution in [2.75, 3.05) is 5.75 Å². The lowest BCUT2D eigenvalue weighted by Gasteiger charge is -2.20. The summed E-state index contributed by atoms with van der Waals surface area (Å²) < 4.78 is 15.1. The fourth-order valence-electron chi connectivity index (χ4n) is 2.40. The number of imidazole rings is 1. The number of nitrogens with zero attached hydrogens (tertiary/aromatic N) is 3. The predicted molar refractivity (Wildman–Crippen MR) is 97.4 cm³/mol. The van der Waals surface area contributed by atoms with E-state index >= 15 is 0 Å². The van der Waals surface area contributed by atoms with Crippen LogP contribution in [0.4, 0.5) is 4.39 Å². The van der Waals surface area contributed by atoms with E-state index in [1.54, 1.807) is 18.3 Å². The van der Waals surface area contributed by atoms with E-state index in [1.807, 2.05) is 37.5 Å². The number of nitrogens with one attached hydrogen (secondary N) is 1. The summed E-state index contributed by atoms with van der Waals surface area (Å²) in [5, 5.41) is 3.57. The average Bonchev–Trinajstić information content (AvgIpc) is 2.90. The average molecular weight is 358 g/mol. The number of thioether (sulfide) groups is 1. The van der Waals surface area contributed by atoms with E-state index in [2.05, 4.69) is 15.3 Å². The van der Waals surface area contributed by atoms with Crippen molar-refractivity contribution in [3.05, 3.63) is 48.4 Å². The standard InChI is InChI=1S/C18H19FN4OS/c1-18(2,3)22-15(24)11-25-17-21-14-5-4-10-20-16(14)23(17)13-8-6-12(19)7-9-13/h4-10H,11H2,1-3H3,(H,22,24). The lowest BCUT2D eigenvalue weighted by molar-refractivity contribution is -0.119. The van der Waals surface area contributed by atoms with E-state index < -0.39 is 0 Å². The molecule has 5 nitrogen and oxygen atoms in total. The molecule has 0 unspecified atom stereocenters. The molecule has 2 heterocycles. The zero-order valence-corrected chi connectivity index (χ0v) is 15.1. The second kappa shape index (κ2) is 6.84. The molecule has 0 atom stereocenters. The van der Waals surface area contributed by atoms with Gasteiger partial charge in [0, 0.05) is 17.4 Å². The molecule has 130 valence electrons. The Morgan fingerprint density at radius 3 is 2.64 bits per heavy atom. The molecule has 25 heavy (non-hydrogen) atoms. The number of pyridine rings is 1. The van der Waals surface area contributed by atoms with Crippen LogP contribution in [0.5, 0.6) is 0 Å². The molecule has 0 aliphatic carbocycles. The van der Waals surface area contributed by atoms with Gasteiger partial charge in [-0.25, -0.2) is 14.4 Å². The topological polar surface area (TPSA) is 59.8 Å². The molecule has 0 aliphatic rings. The Morgan fingerprint density at radius 2 is 1.96 bits per heavy atom. The minimum atomic E-state index is -0.306. The fraction of sp³-hybridized carbons (Fsp3) is 0.278. The number of rotatable bonds is 4. The monoisotopic (exact) mass is 358 g/mol. The molecular formula is C18H19FN4OS. The first-order valence-corrected chi connectivity index (χ1v) is 8.85. The predicted octanol–water partition coefficient (Wildman–Crippen LogP) is 3.57. The van der Waals surface area contributed by atoms with Gasteiger partial charge in [-0.05, 0) is 57.2 Å². The third kappa shape index (κ3) is 4.17. The molecule has 1 N–H and O–H groups in total. The highest BCUT2D eigenvalue weighted by Crippen LogP contribution is 2.27. The summed E-state index contributed by atoms with van der Waals surface area (Å²) >= 11 is 1.33. The molecule has 3 rings (SSSR count). The summed E-state index contributed by atoms with van der Waals surface area (Å²) in [5.74, 6) is -0.134. The van der Waals surface area contributed by atoms with Crippen molar-refractivity contribution in [2.45, 2.75) is 31.5 Å². The van der Waals surface area contributed by atoms with Gasteiger partial charge >= 0.3 is 0 Å². The second-order valence-corrected chi connectivity index (χ2v) is 7.58. The first-order valence-electron chi connectivity index (χ1n) is 7.87. The van der Waals surface area contributed by atoms with E-state index in [1.165, 1.54) is 23.9 Å². The Hall–Kier alpha value is -2.41. The minimum Gasteiger partial charge on any atom is -0.351 e. The van der Waals surface area contributed by atoms with Gasteiger partial charge < -0.3 is 5.32 Å². The van der Waals surface area contributed by atoms with Crippen molar-refractivity contribution in [1.29, 1.82) is 0 Å². The summed E-state index contributed by atoms with van der Waals surface area (Å²) in [6, 6.07) is 9.80. The van der Waals surface area contributed by atoms with E-state index in [4.69, 9.17) is 0 Å². The molecule has 0 saturated carbocycles. The number of aromatic nitrogens is 3. The normalized spacial score (nSPS) is 11.7. The van der Waals surface area contributed by atoms with E-state index in [0.29, 0.717) is 10.8 Å². The van der Waals surface area contributed by atoms with Crippen LogP contribution < -0.4 is 5.32 Å². The summed E-state index contributed by atoms with van der Waals surface area (Å²) in [7, 11) is 0. The largest absolute Gasteiger partial charge is 0.351 e. The summed E-state index contributed by atoms with van der Waals surface area (Å²) in [6.45, 7) is 5.81. The Morgan fingerprint density at radius 1 is 1.24 bits per heavy atom. The maximum Gasteiger partial charge on any atom is 0.230 e. The summed E-state index contributed by atoms with van der Waals surface area (Å²) in [5.41, 5.74) is 1.87. The molecule has 0 saturated heterocycles. The Labute approximate surface area is 149 Å². The van der Waals surface area contributed by atoms with Crippen LogP contribution in [0.2, 0.25) is 0 Å². The van der Waals surface area contributed by atoms with Crippen LogP contribution in [-0.2, 0) is 4.79 Å². The minimum absolute atomic E-state index is 0.0665. The third-order valence-electron chi connectivity index (χ3n) is 3.32. The number of halogens is 1. The van der Waals surface area contributed by atoms with Crippen molar-refractivity contribution < 1.29 is 9.18 Å². The Balaban J connectivity index is 1.93. The first kappa shape index (κ1) is 17.4. The van der Waals surface area contributed by atoms with E-state index in [-0.39, 0.29) is 23.0 Å². The van der Waals surface area contributed by atoms with Gasteiger partial charge in [-0.15, -0.1) is 0 Å². The van der Waals surface area contributed by atoms with E-state index in [9.17, 15) is 9.18 Å². The van der Waals surface area contributed by atoms with Crippen LogP contribution in [0.25, 0.3) is 16.9 Å². The smallest absolute Gasteiger partial charge is 0.230 e. The molecule has 0 bridgehead atoms. The molecule has 0 aliphatic heterocycles. The van der Waals surface area contributed by atoms with Gasteiger partial charge in [-0.1, -0.05) is 11.8 Å². The highest BCUT2D eigenvalue weighted by Gasteiger charge is 2.18. The third-order valence-corrected chi connectivity index (χ3v) is 4.26.